The Bertz CT molecular complexity index is 989. The first-order valence-corrected chi connectivity index (χ1v) is 10.1. The number of hydrogen-bond donors (Lipinski definition) is 2. The van der Waals surface area contributed by atoms with Crippen molar-refractivity contribution >= 4 is 21.8 Å². The minimum Gasteiger partial charge on any atom is -0.484 e. The van der Waals surface area contributed by atoms with Crippen molar-refractivity contribution in [3.63, 3.8) is 0 Å². The summed E-state index contributed by atoms with van der Waals surface area (Å²) >= 11 is 3.23. The van der Waals surface area contributed by atoms with Crippen LogP contribution in [0.25, 0.3) is 0 Å². The predicted octanol–water partition coefficient (Wildman–Crippen LogP) is 5.07. The molecule has 3 rings (SSSR count). The van der Waals surface area contributed by atoms with Gasteiger partial charge in [-0.3, -0.25) is 4.79 Å². The quantitative estimate of drug-likeness (QED) is 0.514. The molecule has 2 aromatic carbocycles. The highest BCUT2D eigenvalue weighted by atomic mass is 79.9. The lowest BCUT2D eigenvalue weighted by Crippen LogP contribution is -2.39. The highest BCUT2D eigenvalue weighted by Crippen LogP contribution is 2.47. The van der Waals surface area contributed by atoms with Crippen LogP contribution in [-0.2, 0) is 15.9 Å². The lowest BCUT2D eigenvalue weighted by Gasteiger charge is -2.26. The maximum Gasteiger partial charge on any atom is 0.422 e. The zero-order valence-corrected chi connectivity index (χ0v) is 17.9. The molecule has 0 aromatic heterocycles. The minimum atomic E-state index is -4.49. The summed E-state index contributed by atoms with van der Waals surface area (Å²) in [6, 6.07) is 7.14. The van der Waals surface area contributed by atoms with Crippen molar-refractivity contribution in [2.75, 3.05) is 6.61 Å². The lowest BCUT2D eigenvalue weighted by molar-refractivity contribution is -0.153. The molecule has 31 heavy (non-hydrogen) atoms. The van der Waals surface area contributed by atoms with Crippen LogP contribution in [0, 0.1) is 11.6 Å². The summed E-state index contributed by atoms with van der Waals surface area (Å²) < 4.78 is 69.8. The van der Waals surface area contributed by atoms with Crippen molar-refractivity contribution in [2.45, 2.75) is 43.5 Å². The number of rotatable bonds is 7. The molecule has 0 aliphatic heterocycles. The molecule has 1 saturated carbocycles. The van der Waals surface area contributed by atoms with Crippen LogP contribution in [0.3, 0.4) is 0 Å². The average Bonchev–Trinajstić information content (AvgIpc) is 3.38. The molecule has 0 spiro atoms. The van der Waals surface area contributed by atoms with Gasteiger partial charge in [-0.25, -0.2) is 8.78 Å². The third-order valence-electron chi connectivity index (χ3n) is 4.97. The highest BCUT2D eigenvalue weighted by molar-refractivity contribution is 9.10. The van der Waals surface area contributed by atoms with Gasteiger partial charge in [-0.2, -0.15) is 13.2 Å². The van der Waals surface area contributed by atoms with Gasteiger partial charge in [-0.1, -0.05) is 22.0 Å². The molecule has 1 amide bonds. The summed E-state index contributed by atoms with van der Waals surface area (Å²) in [5.74, 6) is -2.39. The highest BCUT2D eigenvalue weighted by Gasteiger charge is 2.47. The summed E-state index contributed by atoms with van der Waals surface area (Å²) in [5.41, 5.74) is -2.40. The van der Waals surface area contributed by atoms with Crippen LogP contribution in [0.1, 0.15) is 37.3 Å². The molecule has 168 valence electrons. The molecule has 2 N–H and O–H groups in total. The Hall–Kier alpha value is -2.20. The van der Waals surface area contributed by atoms with Gasteiger partial charge in [0.15, 0.2) is 6.61 Å². The zero-order valence-electron chi connectivity index (χ0n) is 16.3. The summed E-state index contributed by atoms with van der Waals surface area (Å²) in [6.07, 6.45) is -3.93. The van der Waals surface area contributed by atoms with E-state index < -0.39 is 47.9 Å². The van der Waals surface area contributed by atoms with E-state index in [2.05, 4.69) is 21.2 Å². The van der Waals surface area contributed by atoms with E-state index in [0.29, 0.717) is 28.9 Å². The number of amides is 1. The second kappa shape index (κ2) is 8.38. The normalized spacial score (nSPS) is 17.0. The Morgan fingerprint density at radius 2 is 1.87 bits per heavy atom. The maximum atomic E-state index is 14.0. The molecule has 1 aliphatic carbocycles. The molecule has 0 bridgehead atoms. The molecular formula is C21H19BrF5NO3. The van der Waals surface area contributed by atoms with E-state index >= 15 is 0 Å². The Kier molecular flexibility index (Phi) is 6.35. The van der Waals surface area contributed by atoms with E-state index in [-0.39, 0.29) is 11.3 Å². The number of ether oxygens (including phenoxy) is 1. The van der Waals surface area contributed by atoms with Gasteiger partial charge in [-0.15, -0.1) is 0 Å². The van der Waals surface area contributed by atoms with Crippen molar-refractivity contribution < 1.29 is 36.6 Å². The number of carbonyl (C=O) groups excluding carboxylic acids is 1. The molecule has 4 nitrogen and oxygen atoms in total. The first kappa shape index (κ1) is 23.5. The molecule has 1 atom stereocenters. The van der Waals surface area contributed by atoms with Crippen LogP contribution in [0.4, 0.5) is 22.0 Å². The van der Waals surface area contributed by atoms with Gasteiger partial charge in [0.2, 0.25) is 5.91 Å². The SMILES string of the molecule is CC(O)(CC(=O)NC1(c2cc(Br)cc(OCC(F)(F)F)c2)CC1)c1ccc(F)cc1F. The second-order valence-electron chi connectivity index (χ2n) is 7.78. The molecule has 0 radical (unpaired) electrons. The van der Waals surface area contributed by atoms with Crippen molar-refractivity contribution in [3.8, 4) is 5.75 Å². The maximum absolute atomic E-state index is 14.0. The molecule has 0 saturated heterocycles. The van der Waals surface area contributed by atoms with Gasteiger partial charge in [0.05, 0.1) is 17.6 Å². The fourth-order valence-corrected chi connectivity index (χ4v) is 3.82. The number of nitrogens with one attached hydrogen (secondary N) is 1. The van der Waals surface area contributed by atoms with E-state index in [1.54, 1.807) is 6.07 Å². The summed E-state index contributed by atoms with van der Waals surface area (Å²) in [6.45, 7) is -0.209. The van der Waals surface area contributed by atoms with E-state index in [9.17, 15) is 31.9 Å². The van der Waals surface area contributed by atoms with Crippen molar-refractivity contribution in [2.24, 2.45) is 0 Å². The van der Waals surface area contributed by atoms with Crippen molar-refractivity contribution in [3.05, 3.63) is 63.6 Å². The standard InChI is InChI=1S/C21H19BrF5NO3/c1-19(30,16-3-2-14(23)9-17(16)24)10-18(29)28-20(4-5-20)12-6-13(22)8-15(7-12)31-11-21(25,26)27/h2-3,6-9,30H,4-5,10-11H2,1H3,(H,28,29). The van der Waals surface area contributed by atoms with Crippen LogP contribution < -0.4 is 10.1 Å². The molecule has 10 heteroatoms. The van der Waals surface area contributed by atoms with Crippen molar-refractivity contribution in [1.82, 2.24) is 5.32 Å². The lowest BCUT2D eigenvalue weighted by atomic mass is 9.91. The van der Waals surface area contributed by atoms with Gasteiger partial charge in [0.1, 0.15) is 17.4 Å². The second-order valence-corrected chi connectivity index (χ2v) is 8.70. The topological polar surface area (TPSA) is 58.6 Å². The monoisotopic (exact) mass is 507 g/mol. The fourth-order valence-electron chi connectivity index (χ4n) is 3.34. The minimum absolute atomic E-state index is 0.0115. The molecule has 1 fully saturated rings. The number of alkyl halides is 3. The molecule has 2 aromatic rings. The van der Waals surface area contributed by atoms with Crippen LogP contribution in [0.5, 0.6) is 5.75 Å². The van der Waals surface area contributed by atoms with E-state index in [4.69, 9.17) is 4.74 Å². The van der Waals surface area contributed by atoms with Gasteiger partial charge < -0.3 is 15.2 Å². The number of aliphatic hydroxyl groups is 1. The molecule has 1 unspecified atom stereocenters. The third kappa shape index (κ3) is 5.94. The Morgan fingerprint density at radius 3 is 2.45 bits per heavy atom. The van der Waals surface area contributed by atoms with Crippen LogP contribution in [0.15, 0.2) is 40.9 Å². The molecular weight excluding hydrogens is 489 g/mol. The van der Waals surface area contributed by atoms with E-state index in [0.717, 1.165) is 12.1 Å². The number of benzene rings is 2. The average molecular weight is 508 g/mol. The van der Waals surface area contributed by atoms with Crippen LogP contribution in [0.2, 0.25) is 0 Å². The van der Waals surface area contributed by atoms with Crippen LogP contribution >= 0.6 is 15.9 Å². The Labute approximate surface area is 183 Å². The zero-order chi connectivity index (χ0) is 23.0. The van der Waals surface area contributed by atoms with Gasteiger partial charge >= 0.3 is 6.18 Å². The number of halogens is 6. The molecule has 0 heterocycles. The fraction of sp³-hybridized carbons (Fsp3) is 0.381. The smallest absolute Gasteiger partial charge is 0.422 e. The van der Waals surface area contributed by atoms with Gasteiger partial charge in [0.25, 0.3) is 0 Å². The van der Waals surface area contributed by atoms with Crippen LogP contribution in [-0.4, -0.2) is 23.8 Å². The van der Waals surface area contributed by atoms with Gasteiger partial charge in [0, 0.05) is 16.1 Å². The van der Waals surface area contributed by atoms with E-state index in [1.807, 2.05) is 0 Å². The molecule has 1 aliphatic rings. The summed E-state index contributed by atoms with van der Waals surface area (Å²) in [4.78, 5) is 12.6. The number of carbonyl (C=O) groups is 1. The first-order valence-electron chi connectivity index (χ1n) is 9.29. The Morgan fingerprint density at radius 1 is 1.19 bits per heavy atom. The van der Waals surface area contributed by atoms with Crippen molar-refractivity contribution in [1.29, 1.82) is 0 Å². The predicted molar refractivity (Wildman–Crippen MR) is 105 cm³/mol. The number of hydrogen-bond acceptors (Lipinski definition) is 3. The largest absolute Gasteiger partial charge is 0.484 e. The Balaban J connectivity index is 1.73. The van der Waals surface area contributed by atoms with Gasteiger partial charge in [-0.05, 0) is 49.6 Å². The summed E-state index contributed by atoms with van der Waals surface area (Å²) in [5, 5.41) is 13.4. The summed E-state index contributed by atoms with van der Waals surface area (Å²) in [7, 11) is 0. The first-order chi connectivity index (χ1) is 14.3. The van der Waals surface area contributed by atoms with E-state index in [1.165, 1.54) is 19.1 Å². The third-order valence-corrected chi connectivity index (χ3v) is 5.43.